The Kier molecular flexibility index (Phi) is 6.13. The van der Waals surface area contributed by atoms with Gasteiger partial charge in [-0.25, -0.2) is 0 Å². The smallest absolute Gasteiger partial charge is 0.179 e. The zero-order valence-electron chi connectivity index (χ0n) is 4.54. The van der Waals surface area contributed by atoms with Crippen molar-refractivity contribution in [3.05, 3.63) is 4.91 Å². The number of aliphatic hydroxyl groups excluding tert-OH is 1. The van der Waals surface area contributed by atoms with Crippen molar-refractivity contribution < 1.29 is 9.84 Å². The lowest BCUT2D eigenvalue weighted by Crippen LogP contribution is -1.95. The van der Waals surface area contributed by atoms with Crippen LogP contribution in [0.25, 0.3) is 0 Å². The molecule has 0 unspecified atom stereocenters. The van der Waals surface area contributed by atoms with Crippen molar-refractivity contribution in [3.63, 3.8) is 0 Å². The van der Waals surface area contributed by atoms with Gasteiger partial charge < -0.3 is 9.84 Å². The summed E-state index contributed by atoms with van der Waals surface area (Å²) in [6, 6.07) is 0. The first-order valence-corrected chi connectivity index (χ1v) is 2.39. The molecule has 0 spiro atoms. The van der Waals surface area contributed by atoms with Gasteiger partial charge in [-0.05, 0) is 11.6 Å². The third-order valence-corrected chi connectivity index (χ3v) is 0.591. The van der Waals surface area contributed by atoms with Crippen LogP contribution in [0.4, 0.5) is 0 Å². The number of hydrogen-bond donors (Lipinski definition) is 1. The van der Waals surface area contributed by atoms with Gasteiger partial charge in [0, 0.05) is 6.61 Å². The molecule has 0 radical (unpaired) electrons. The van der Waals surface area contributed by atoms with Crippen molar-refractivity contribution in [2.45, 2.75) is 6.42 Å². The van der Waals surface area contributed by atoms with E-state index in [9.17, 15) is 4.91 Å². The minimum Gasteiger partial charge on any atom is -0.396 e. The molecular formula is C4H9NO3. The maximum absolute atomic E-state index is 9.33. The van der Waals surface area contributed by atoms with Crippen LogP contribution in [-0.4, -0.2) is 25.1 Å². The summed E-state index contributed by atoms with van der Waals surface area (Å²) in [7, 11) is 0. The quantitative estimate of drug-likeness (QED) is 0.412. The van der Waals surface area contributed by atoms with Crippen LogP contribution in [0.5, 0.6) is 0 Å². The van der Waals surface area contributed by atoms with Gasteiger partial charge in [0.15, 0.2) is 6.73 Å². The highest BCUT2D eigenvalue weighted by Crippen LogP contribution is 1.79. The van der Waals surface area contributed by atoms with Crippen molar-refractivity contribution in [3.8, 4) is 0 Å². The summed E-state index contributed by atoms with van der Waals surface area (Å²) in [5, 5.41) is 10.6. The van der Waals surface area contributed by atoms with E-state index < -0.39 is 0 Å². The Morgan fingerprint density at radius 1 is 1.62 bits per heavy atom. The van der Waals surface area contributed by atoms with Gasteiger partial charge in [0.1, 0.15) is 0 Å². The van der Waals surface area contributed by atoms with Gasteiger partial charge in [0.25, 0.3) is 0 Å². The SMILES string of the molecule is O=NCOCCCO. The van der Waals surface area contributed by atoms with Crippen molar-refractivity contribution in [2.24, 2.45) is 5.18 Å². The molecule has 8 heavy (non-hydrogen) atoms. The second kappa shape index (κ2) is 6.52. The summed E-state index contributed by atoms with van der Waals surface area (Å²) in [6.45, 7) is 0.390. The number of hydrogen-bond acceptors (Lipinski definition) is 4. The Hall–Kier alpha value is -0.480. The first-order valence-electron chi connectivity index (χ1n) is 2.39. The van der Waals surface area contributed by atoms with E-state index in [2.05, 4.69) is 9.91 Å². The van der Waals surface area contributed by atoms with E-state index in [1.54, 1.807) is 0 Å². The van der Waals surface area contributed by atoms with Crippen molar-refractivity contribution >= 4 is 0 Å². The molecule has 0 bridgehead atoms. The topological polar surface area (TPSA) is 58.9 Å². The highest BCUT2D eigenvalue weighted by atomic mass is 16.5. The van der Waals surface area contributed by atoms with E-state index in [0.29, 0.717) is 13.0 Å². The Balaban J connectivity index is 2.62. The maximum Gasteiger partial charge on any atom is 0.179 e. The summed E-state index contributed by atoms with van der Waals surface area (Å²) in [5.41, 5.74) is 0. The summed E-state index contributed by atoms with van der Waals surface area (Å²) < 4.78 is 4.58. The fraction of sp³-hybridized carbons (Fsp3) is 1.00. The molecule has 0 aromatic heterocycles. The minimum atomic E-state index is -0.111. The Bertz CT molecular complexity index is 57.2. The number of nitrogens with zero attached hydrogens (tertiary/aromatic N) is 1. The standard InChI is InChI=1S/C4H9NO3/c6-2-1-3-8-4-5-7/h6H,1-4H2. The van der Waals surface area contributed by atoms with Crippen LogP contribution >= 0.6 is 0 Å². The molecule has 4 heteroatoms. The third kappa shape index (κ3) is 5.52. The van der Waals surface area contributed by atoms with E-state index in [1.165, 1.54) is 0 Å². The normalized spacial score (nSPS) is 9.12. The Morgan fingerprint density at radius 3 is 2.88 bits per heavy atom. The molecular weight excluding hydrogens is 110 g/mol. The maximum atomic E-state index is 9.33. The first kappa shape index (κ1) is 7.52. The molecule has 0 rings (SSSR count). The van der Waals surface area contributed by atoms with Crippen LogP contribution in [0.2, 0.25) is 0 Å². The van der Waals surface area contributed by atoms with Crippen LogP contribution in [0.15, 0.2) is 5.18 Å². The first-order chi connectivity index (χ1) is 3.91. The molecule has 0 heterocycles. The van der Waals surface area contributed by atoms with Crippen molar-refractivity contribution in [1.82, 2.24) is 0 Å². The van der Waals surface area contributed by atoms with Crippen LogP contribution in [0.1, 0.15) is 6.42 Å². The molecule has 4 nitrogen and oxygen atoms in total. The molecule has 0 fully saturated rings. The molecule has 0 aromatic rings. The van der Waals surface area contributed by atoms with Gasteiger partial charge >= 0.3 is 0 Å². The van der Waals surface area contributed by atoms with Crippen molar-refractivity contribution in [2.75, 3.05) is 19.9 Å². The summed E-state index contributed by atoms with van der Waals surface area (Å²) >= 11 is 0. The summed E-state index contributed by atoms with van der Waals surface area (Å²) in [4.78, 5) is 9.33. The number of ether oxygens (including phenoxy) is 1. The largest absolute Gasteiger partial charge is 0.396 e. The van der Waals surface area contributed by atoms with Crippen LogP contribution in [0.3, 0.4) is 0 Å². The number of nitroso groups, excluding NO2 is 1. The molecule has 0 aliphatic heterocycles. The predicted molar refractivity (Wildman–Crippen MR) is 28.3 cm³/mol. The van der Waals surface area contributed by atoms with Gasteiger partial charge in [-0.2, -0.15) is 0 Å². The number of rotatable bonds is 5. The van der Waals surface area contributed by atoms with E-state index in [4.69, 9.17) is 5.11 Å². The average Bonchev–Trinajstić information content (AvgIpc) is 1.81. The molecule has 0 saturated heterocycles. The van der Waals surface area contributed by atoms with Crippen LogP contribution in [0, 0.1) is 4.91 Å². The monoisotopic (exact) mass is 119 g/mol. The van der Waals surface area contributed by atoms with E-state index in [1.807, 2.05) is 0 Å². The van der Waals surface area contributed by atoms with Gasteiger partial charge in [-0.3, -0.25) is 0 Å². The van der Waals surface area contributed by atoms with Gasteiger partial charge in [0.05, 0.1) is 6.61 Å². The molecule has 0 saturated carbocycles. The highest BCUT2D eigenvalue weighted by Gasteiger charge is 1.82. The fourth-order valence-corrected chi connectivity index (χ4v) is 0.268. The van der Waals surface area contributed by atoms with E-state index in [-0.39, 0.29) is 13.3 Å². The number of aliphatic hydroxyl groups is 1. The van der Waals surface area contributed by atoms with E-state index in [0.717, 1.165) is 0 Å². The molecule has 0 atom stereocenters. The minimum absolute atomic E-state index is 0.0961. The van der Waals surface area contributed by atoms with Gasteiger partial charge in [0.2, 0.25) is 0 Å². The molecule has 1 N–H and O–H groups in total. The molecule has 0 amide bonds. The third-order valence-electron chi connectivity index (χ3n) is 0.591. The van der Waals surface area contributed by atoms with E-state index >= 15 is 0 Å². The zero-order valence-corrected chi connectivity index (χ0v) is 4.54. The Morgan fingerprint density at radius 2 is 2.38 bits per heavy atom. The molecule has 0 aliphatic carbocycles. The van der Waals surface area contributed by atoms with Crippen LogP contribution in [-0.2, 0) is 4.74 Å². The van der Waals surface area contributed by atoms with Crippen molar-refractivity contribution in [1.29, 1.82) is 0 Å². The molecule has 0 aliphatic rings. The second-order valence-electron chi connectivity index (χ2n) is 1.24. The Labute approximate surface area is 47.4 Å². The average molecular weight is 119 g/mol. The summed E-state index contributed by atoms with van der Waals surface area (Å²) in [5.74, 6) is 0. The molecule has 48 valence electrons. The zero-order chi connectivity index (χ0) is 6.24. The summed E-state index contributed by atoms with van der Waals surface area (Å²) in [6.07, 6.45) is 0.565. The molecule has 0 aromatic carbocycles. The van der Waals surface area contributed by atoms with Gasteiger partial charge in [-0.15, -0.1) is 4.91 Å². The lowest BCUT2D eigenvalue weighted by Gasteiger charge is -1.93. The second-order valence-corrected chi connectivity index (χ2v) is 1.24. The fourth-order valence-electron chi connectivity index (χ4n) is 0.268. The lowest BCUT2D eigenvalue weighted by molar-refractivity contribution is 0.122. The highest BCUT2D eigenvalue weighted by molar-refractivity contribution is 4.29. The van der Waals surface area contributed by atoms with Crippen LogP contribution < -0.4 is 0 Å². The van der Waals surface area contributed by atoms with Gasteiger partial charge in [-0.1, -0.05) is 0 Å². The predicted octanol–water partition coefficient (Wildman–Crippen LogP) is 0.109. The lowest BCUT2D eigenvalue weighted by atomic mass is 10.5.